The maximum Gasteiger partial charge on any atom is 0.234 e. The molecular weight excluding hydrogens is 264 g/mol. The topological polar surface area (TPSA) is 66.4 Å². The van der Waals surface area contributed by atoms with Crippen LogP contribution in [0.25, 0.3) is 0 Å². The van der Waals surface area contributed by atoms with E-state index < -0.39 is 17.2 Å². The van der Waals surface area contributed by atoms with Crippen LogP contribution in [0.15, 0.2) is 0 Å². The van der Waals surface area contributed by atoms with Crippen LogP contribution in [0.4, 0.5) is 0 Å². The average molecular weight is 292 g/mol. The molecule has 6 nitrogen and oxygen atoms in total. The van der Waals surface area contributed by atoms with Gasteiger partial charge in [0.25, 0.3) is 0 Å². The molecule has 0 heterocycles. The van der Waals surface area contributed by atoms with Crippen LogP contribution in [0.2, 0.25) is 0 Å². The Kier molecular flexibility index (Phi) is 6.37. The van der Waals surface area contributed by atoms with E-state index in [2.05, 4.69) is 0 Å². The zero-order chi connectivity index (χ0) is 15.3. The first-order chi connectivity index (χ1) is 9.24. The Morgan fingerprint density at radius 3 is 2.00 bits per heavy atom. The summed E-state index contributed by atoms with van der Waals surface area (Å²) < 4.78 is 5.16. The summed E-state index contributed by atoms with van der Waals surface area (Å²) in [6.07, 6.45) is 4.42. The van der Waals surface area contributed by atoms with Gasteiger partial charge in [-0.2, -0.15) is 14.7 Å². The van der Waals surface area contributed by atoms with Gasteiger partial charge in [0, 0.05) is 20.0 Å². The Morgan fingerprint density at radius 2 is 1.50 bits per heavy atom. The Hall–Kier alpha value is -0.240. The van der Waals surface area contributed by atoms with Gasteiger partial charge in [-0.3, -0.25) is 0 Å². The van der Waals surface area contributed by atoms with Crippen LogP contribution in [-0.2, 0) is 24.3 Å². The molecule has 0 aliphatic heterocycles. The average Bonchev–Trinajstić information content (AvgIpc) is 2.45. The van der Waals surface area contributed by atoms with Crippen LogP contribution in [-0.4, -0.2) is 36.0 Å². The maximum atomic E-state index is 9.21. The number of rotatable bonds is 8. The molecule has 0 aromatic carbocycles. The number of aliphatic hydroxyl groups excluding tert-OH is 1. The molecule has 0 saturated heterocycles. The van der Waals surface area contributed by atoms with Gasteiger partial charge in [0.1, 0.15) is 5.60 Å². The molecule has 0 spiro atoms. The SMILES string of the molecule is COC(C)(C)OOC1(OOC(C)(C)CO)CCCCC1. The second kappa shape index (κ2) is 7.15. The molecule has 0 amide bonds. The number of methoxy groups -OCH3 is 1. The summed E-state index contributed by atoms with van der Waals surface area (Å²) in [5.74, 6) is -1.80. The summed E-state index contributed by atoms with van der Waals surface area (Å²) in [5.41, 5.74) is -0.787. The van der Waals surface area contributed by atoms with E-state index in [1.807, 2.05) is 0 Å². The number of aliphatic hydroxyl groups is 1. The Bertz CT molecular complexity index is 261. The highest BCUT2D eigenvalue weighted by atomic mass is 17.3. The molecule has 1 aliphatic rings. The first-order valence-electron chi connectivity index (χ1n) is 7.14. The second-order valence-electron chi connectivity index (χ2n) is 6.33. The third-order valence-electron chi connectivity index (χ3n) is 3.30. The van der Waals surface area contributed by atoms with Crippen molar-refractivity contribution >= 4 is 0 Å². The second-order valence-corrected chi connectivity index (χ2v) is 6.33. The lowest BCUT2D eigenvalue weighted by Gasteiger charge is -2.38. The zero-order valence-corrected chi connectivity index (χ0v) is 13.2. The van der Waals surface area contributed by atoms with Crippen molar-refractivity contribution in [1.82, 2.24) is 0 Å². The van der Waals surface area contributed by atoms with Crippen molar-refractivity contribution in [2.45, 2.75) is 77.0 Å². The minimum Gasteiger partial charge on any atom is -0.393 e. The molecule has 6 heteroatoms. The molecule has 1 aliphatic carbocycles. The summed E-state index contributed by atoms with van der Waals surface area (Å²) in [5, 5.41) is 9.21. The molecular formula is C14H28O6. The standard InChI is InChI=1S/C14H28O6/c1-12(2,11-15)17-19-14(9-7-6-8-10-14)20-18-13(3,4)16-5/h15H,6-11H2,1-5H3. The van der Waals surface area contributed by atoms with Crippen molar-refractivity contribution < 1.29 is 29.4 Å². The molecule has 0 aromatic heterocycles. The van der Waals surface area contributed by atoms with Crippen LogP contribution >= 0.6 is 0 Å². The van der Waals surface area contributed by atoms with Gasteiger partial charge < -0.3 is 9.84 Å². The first kappa shape index (κ1) is 17.8. The summed E-state index contributed by atoms with van der Waals surface area (Å²) in [7, 11) is 1.54. The molecule has 1 rings (SSSR count). The summed E-state index contributed by atoms with van der Waals surface area (Å²) in [6.45, 7) is 6.84. The van der Waals surface area contributed by atoms with Gasteiger partial charge in [-0.1, -0.05) is 6.42 Å². The summed E-state index contributed by atoms with van der Waals surface area (Å²) >= 11 is 0. The molecule has 0 atom stereocenters. The van der Waals surface area contributed by atoms with Gasteiger partial charge in [0.15, 0.2) is 5.79 Å². The number of ether oxygens (including phenoxy) is 1. The summed E-state index contributed by atoms with van der Waals surface area (Å²) in [4.78, 5) is 21.7. The lowest BCUT2D eigenvalue weighted by atomic mass is 9.94. The van der Waals surface area contributed by atoms with Gasteiger partial charge >= 0.3 is 0 Å². The fourth-order valence-electron chi connectivity index (χ4n) is 1.70. The van der Waals surface area contributed by atoms with Crippen molar-refractivity contribution in [2.75, 3.05) is 13.7 Å². The van der Waals surface area contributed by atoms with E-state index in [0.29, 0.717) is 12.8 Å². The van der Waals surface area contributed by atoms with E-state index in [-0.39, 0.29) is 6.61 Å². The molecule has 1 saturated carbocycles. The fourth-order valence-corrected chi connectivity index (χ4v) is 1.70. The van der Waals surface area contributed by atoms with E-state index >= 15 is 0 Å². The van der Waals surface area contributed by atoms with Gasteiger partial charge in [0.2, 0.25) is 5.79 Å². The largest absolute Gasteiger partial charge is 0.393 e. The highest BCUT2D eigenvalue weighted by molar-refractivity contribution is 4.74. The van der Waals surface area contributed by atoms with Crippen LogP contribution in [0.1, 0.15) is 59.8 Å². The van der Waals surface area contributed by atoms with E-state index in [4.69, 9.17) is 24.3 Å². The van der Waals surface area contributed by atoms with Crippen LogP contribution in [0.5, 0.6) is 0 Å². The lowest BCUT2D eigenvalue weighted by molar-refractivity contribution is -0.563. The smallest absolute Gasteiger partial charge is 0.234 e. The Labute approximate surface area is 121 Å². The van der Waals surface area contributed by atoms with Crippen LogP contribution in [0, 0.1) is 0 Å². The molecule has 0 aromatic rings. The number of hydrogen-bond acceptors (Lipinski definition) is 6. The zero-order valence-electron chi connectivity index (χ0n) is 13.2. The van der Waals surface area contributed by atoms with E-state index in [0.717, 1.165) is 19.3 Å². The fraction of sp³-hybridized carbons (Fsp3) is 1.00. The van der Waals surface area contributed by atoms with E-state index in [9.17, 15) is 5.11 Å². The van der Waals surface area contributed by atoms with Crippen molar-refractivity contribution in [3.05, 3.63) is 0 Å². The molecule has 1 fully saturated rings. The maximum absolute atomic E-state index is 9.21. The molecule has 20 heavy (non-hydrogen) atoms. The van der Waals surface area contributed by atoms with Gasteiger partial charge in [-0.05, 0) is 40.5 Å². The Morgan fingerprint density at radius 1 is 0.950 bits per heavy atom. The quantitative estimate of drug-likeness (QED) is 0.421. The molecule has 120 valence electrons. The third-order valence-corrected chi connectivity index (χ3v) is 3.30. The normalized spacial score (nSPS) is 20.1. The summed E-state index contributed by atoms with van der Waals surface area (Å²) in [6, 6.07) is 0. The predicted molar refractivity (Wildman–Crippen MR) is 72.4 cm³/mol. The van der Waals surface area contributed by atoms with Crippen molar-refractivity contribution in [2.24, 2.45) is 0 Å². The van der Waals surface area contributed by atoms with Gasteiger partial charge in [-0.25, -0.2) is 4.89 Å². The van der Waals surface area contributed by atoms with E-state index in [1.165, 1.54) is 0 Å². The highest BCUT2D eigenvalue weighted by Crippen LogP contribution is 2.35. The minimum atomic E-state index is -0.944. The third kappa shape index (κ3) is 5.63. The monoisotopic (exact) mass is 292 g/mol. The lowest BCUT2D eigenvalue weighted by Crippen LogP contribution is -2.44. The van der Waals surface area contributed by atoms with E-state index in [1.54, 1.807) is 34.8 Å². The van der Waals surface area contributed by atoms with Crippen molar-refractivity contribution in [1.29, 1.82) is 0 Å². The highest BCUT2D eigenvalue weighted by Gasteiger charge is 2.40. The van der Waals surface area contributed by atoms with Crippen molar-refractivity contribution in [3.8, 4) is 0 Å². The van der Waals surface area contributed by atoms with Gasteiger partial charge in [0.05, 0.1) is 6.61 Å². The predicted octanol–water partition coefficient (Wildman–Crippen LogP) is 2.70. The van der Waals surface area contributed by atoms with Crippen LogP contribution < -0.4 is 0 Å². The van der Waals surface area contributed by atoms with Gasteiger partial charge in [-0.15, -0.1) is 0 Å². The molecule has 1 N–H and O–H groups in total. The number of hydrogen-bond donors (Lipinski definition) is 1. The van der Waals surface area contributed by atoms with Crippen molar-refractivity contribution in [3.63, 3.8) is 0 Å². The van der Waals surface area contributed by atoms with Crippen LogP contribution in [0.3, 0.4) is 0 Å². The Balaban J connectivity index is 2.62. The molecule has 0 radical (unpaired) electrons. The first-order valence-corrected chi connectivity index (χ1v) is 7.14. The molecule has 0 bridgehead atoms. The molecule has 0 unspecified atom stereocenters. The minimum absolute atomic E-state index is 0.145.